The third kappa shape index (κ3) is 5.64. The molecule has 150 valence electrons. The van der Waals surface area contributed by atoms with Gasteiger partial charge in [-0.3, -0.25) is 9.59 Å². The molecule has 0 spiro atoms. The molecular formula is C21H26N2O5. The lowest BCUT2D eigenvalue weighted by molar-refractivity contribution is -0.122. The summed E-state index contributed by atoms with van der Waals surface area (Å²) < 4.78 is 16.0. The summed E-state index contributed by atoms with van der Waals surface area (Å²) in [6, 6.07) is 12.6. The summed E-state index contributed by atoms with van der Waals surface area (Å²) in [5.74, 6) is 1.16. The monoisotopic (exact) mass is 386 g/mol. The predicted octanol–water partition coefficient (Wildman–Crippen LogP) is 2.60. The molecule has 28 heavy (non-hydrogen) atoms. The zero-order valence-electron chi connectivity index (χ0n) is 16.6. The molecule has 1 atom stereocenters. The standard InChI is InChI=1S/C21H26N2O5/c1-14(24)23-17(16-8-6-5-7-9-16)12-20(25)22-13-15-10-18(26-2)21(28-4)19(11-15)27-3/h5-11,17H,12-13H2,1-4H3,(H,22,25)(H,23,24). The van der Waals surface area contributed by atoms with Crippen LogP contribution in [0.2, 0.25) is 0 Å². The fourth-order valence-electron chi connectivity index (χ4n) is 2.88. The summed E-state index contributed by atoms with van der Waals surface area (Å²) in [6.07, 6.45) is 0.133. The maximum Gasteiger partial charge on any atom is 0.222 e. The van der Waals surface area contributed by atoms with Crippen molar-refractivity contribution in [2.45, 2.75) is 25.9 Å². The second-order valence-electron chi connectivity index (χ2n) is 6.18. The van der Waals surface area contributed by atoms with Crippen molar-refractivity contribution in [3.63, 3.8) is 0 Å². The molecule has 0 aliphatic rings. The van der Waals surface area contributed by atoms with Crippen LogP contribution in [0.25, 0.3) is 0 Å². The van der Waals surface area contributed by atoms with Crippen LogP contribution in [-0.2, 0) is 16.1 Å². The molecule has 0 heterocycles. The molecule has 0 aliphatic heterocycles. The maximum absolute atomic E-state index is 12.5. The van der Waals surface area contributed by atoms with Crippen molar-refractivity contribution in [1.82, 2.24) is 10.6 Å². The number of amides is 2. The Hall–Kier alpha value is -3.22. The number of ether oxygens (including phenoxy) is 3. The Morgan fingerprint density at radius 2 is 1.57 bits per heavy atom. The normalized spacial score (nSPS) is 11.3. The quantitative estimate of drug-likeness (QED) is 0.692. The van der Waals surface area contributed by atoms with Crippen LogP contribution < -0.4 is 24.8 Å². The topological polar surface area (TPSA) is 85.9 Å². The highest BCUT2D eigenvalue weighted by Crippen LogP contribution is 2.38. The van der Waals surface area contributed by atoms with Crippen LogP contribution in [0.4, 0.5) is 0 Å². The van der Waals surface area contributed by atoms with Gasteiger partial charge in [0.15, 0.2) is 11.5 Å². The largest absolute Gasteiger partial charge is 0.493 e. The Kier molecular flexibility index (Phi) is 7.68. The Morgan fingerprint density at radius 1 is 0.964 bits per heavy atom. The fraction of sp³-hybridized carbons (Fsp3) is 0.333. The Labute approximate surface area is 165 Å². The first-order valence-corrected chi connectivity index (χ1v) is 8.86. The number of carbonyl (C=O) groups excluding carboxylic acids is 2. The van der Waals surface area contributed by atoms with Gasteiger partial charge in [-0.05, 0) is 23.3 Å². The third-order valence-electron chi connectivity index (χ3n) is 4.18. The highest BCUT2D eigenvalue weighted by Gasteiger charge is 2.18. The molecule has 0 saturated carbocycles. The summed E-state index contributed by atoms with van der Waals surface area (Å²) in [6.45, 7) is 1.72. The van der Waals surface area contributed by atoms with E-state index in [1.165, 1.54) is 28.3 Å². The van der Waals surface area contributed by atoms with E-state index < -0.39 is 6.04 Å². The number of nitrogens with one attached hydrogen (secondary N) is 2. The minimum atomic E-state index is -0.390. The van der Waals surface area contributed by atoms with Crippen molar-refractivity contribution >= 4 is 11.8 Å². The molecule has 2 aromatic rings. The van der Waals surface area contributed by atoms with E-state index in [4.69, 9.17) is 14.2 Å². The molecular weight excluding hydrogens is 360 g/mol. The molecule has 2 amide bonds. The third-order valence-corrected chi connectivity index (χ3v) is 4.18. The number of hydrogen-bond acceptors (Lipinski definition) is 5. The van der Waals surface area contributed by atoms with Crippen LogP contribution in [0.15, 0.2) is 42.5 Å². The van der Waals surface area contributed by atoms with E-state index in [0.29, 0.717) is 17.2 Å². The van der Waals surface area contributed by atoms with E-state index in [0.717, 1.165) is 11.1 Å². The molecule has 0 saturated heterocycles. The predicted molar refractivity (Wildman–Crippen MR) is 106 cm³/mol. The number of rotatable bonds is 9. The van der Waals surface area contributed by atoms with Gasteiger partial charge in [-0.1, -0.05) is 30.3 Å². The highest BCUT2D eigenvalue weighted by atomic mass is 16.5. The lowest BCUT2D eigenvalue weighted by Gasteiger charge is -2.18. The number of hydrogen-bond donors (Lipinski definition) is 2. The summed E-state index contributed by atoms with van der Waals surface area (Å²) in [4.78, 5) is 24.0. The van der Waals surface area contributed by atoms with Gasteiger partial charge in [0.25, 0.3) is 0 Å². The van der Waals surface area contributed by atoms with E-state index in [2.05, 4.69) is 10.6 Å². The lowest BCUT2D eigenvalue weighted by atomic mass is 10.0. The van der Waals surface area contributed by atoms with Gasteiger partial charge < -0.3 is 24.8 Å². The average molecular weight is 386 g/mol. The van der Waals surface area contributed by atoms with E-state index in [-0.39, 0.29) is 24.8 Å². The van der Waals surface area contributed by atoms with Gasteiger partial charge in [-0.15, -0.1) is 0 Å². The highest BCUT2D eigenvalue weighted by molar-refractivity contribution is 5.79. The fourth-order valence-corrected chi connectivity index (χ4v) is 2.88. The molecule has 2 aromatic carbocycles. The zero-order valence-corrected chi connectivity index (χ0v) is 16.6. The SMILES string of the molecule is COc1cc(CNC(=O)CC(NC(C)=O)c2ccccc2)cc(OC)c1OC. The zero-order chi connectivity index (χ0) is 20.5. The van der Waals surface area contributed by atoms with Gasteiger partial charge in [-0.2, -0.15) is 0 Å². The minimum Gasteiger partial charge on any atom is -0.493 e. The van der Waals surface area contributed by atoms with Crippen molar-refractivity contribution in [2.75, 3.05) is 21.3 Å². The van der Waals surface area contributed by atoms with Gasteiger partial charge in [0, 0.05) is 13.5 Å². The van der Waals surface area contributed by atoms with E-state index in [9.17, 15) is 9.59 Å². The van der Waals surface area contributed by atoms with Crippen LogP contribution in [0.1, 0.15) is 30.5 Å². The summed E-state index contributed by atoms with van der Waals surface area (Å²) in [5.41, 5.74) is 1.68. The molecule has 0 radical (unpaired) electrons. The first-order valence-electron chi connectivity index (χ1n) is 8.86. The molecule has 2 rings (SSSR count). The first kappa shape index (κ1) is 21.1. The number of carbonyl (C=O) groups is 2. The van der Waals surface area contributed by atoms with E-state index >= 15 is 0 Å². The molecule has 7 nitrogen and oxygen atoms in total. The molecule has 0 aromatic heterocycles. The van der Waals surface area contributed by atoms with E-state index in [1.54, 1.807) is 12.1 Å². The first-order chi connectivity index (χ1) is 13.5. The second-order valence-corrected chi connectivity index (χ2v) is 6.18. The van der Waals surface area contributed by atoms with Gasteiger partial charge in [-0.25, -0.2) is 0 Å². The number of benzene rings is 2. The molecule has 0 fully saturated rings. The van der Waals surface area contributed by atoms with Gasteiger partial charge in [0.05, 0.1) is 33.8 Å². The molecule has 0 bridgehead atoms. The summed E-state index contributed by atoms with van der Waals surface area (Å²) >= 11 is 0. The molecule has 0 aliphatic carbocycles. The maximum atomic E-state index is 12.5. The van der Waals surface area contributed by atoms with Crippen LogP contribution in [0, 0.1) is 0 Å². The molecule has 2 N–H and O–H groups in total. The van der Waals surface area contributed by atoms with Crippen molar-refractivity contribution in [2.24, 2.45) is 0 Å². The van der Waals surface area contributed by atoms with Crippen molar-refractivity contribution in [3.05, 3.63) is 53.6 Å². The minimum absolute atomic E-state index is 0.133. The van der Waals surface area contributed by atoms with Crippen LogP contribution in [0.3, 0.4) is 0 Å². The summed E-state index contributed by atoms with van der Waals surface area (Å²) in [7, 11) is 4.61. The van der Waals surface area contributed by atoms with Gasteiger partial charge in [0.1, 0.15) is 0 Å². The van der Waals surface area contributed by atoms with Crippen LogP contribution >= 0.6 is 0 Å². The molecule has 7 heteroatoms. The summed E-state index contributed by atoms with van der Waals surface area (Å²) in [5, 5.41) is 5.69. The average Bonchev–Trinajstić information content (AvgIpc) is 2.71. The lowest BCUT2D eigenvalue weighted by Crippen LogP contribution is -2.32. The Balaban J connectivity index is 2.07. The van der Waals surface area contributed by atoms with Crippen LogP contribution in [0.5, 0.6) is 17.2 Å². The number of methoxy groups -OCH3 is 3. The van der Waals surface area contributed by atoms with E-state index in [1.807, 2.05) is 30.3 Å². The van der Waals surface area contributed by atoms with Gasteiger partial charge in [0.2, 0.25) is 17.6 Å². The molecule has 1 unspecified atom stereocenters. The van der Waals surface area contributed by atoms with Crippen molar-refractivity contribution in [1.29, 1.82) is 0 Å². The smallest absolute Gasteiger partial charge is 0.222 e. The van der Waals surface area contributed by atoms with Crippen molar-refractivity contribution in [3.8, 4) is 17.2 Å². The van der Waals surface area contributed by atoms with Crippen LogP contribution in [-0.4, -0.2) is 33.1 Å². The van der Waals surface area contributed by atoms with Crippen molar-refractivity contribution < 1.29 is 23.8 Å². The van der Waals surface area contributed by atoms with Gasteiger partial charge >= 0.3 is 0 Å². The Bertz CT molecular complexity index is 783. The second kappa shape index (κ2) is 10.2. The Morgan fingerprint density at radius 3 is 2.07 bits per heavy atom.